The number of aromatic carboxylic acids is 1. The summed E-state index contributed by atoms with van der Waals surface area (Å²) in [7, 11) is 0. The van der Waals surface area contributed by atoms with Crippen molar-refractivity contribution in [3.05, 3.63) is 73.1 Å². The van der Waals surface area contributed by atoms with Gasteiger partial charge in [0.05, 0.1) is 11.5 Å². The molecule has 0 spiro atoms. The van der Waals surface area contributed by atoms with Gasteiger partial charge in [-0.15, -0.1) is 0 Å². The molecule has 2 nitrogen and oxygen atoms in total. The average Bonchev–Trinajstić information content (AvgIpc) is 2.44. The number of halogens is 6. The van der Waals surface area contributed by atoms with Gasteiger partial charge in [-0.25, -0.2) is 4.79 Å². The molecule has 0 saturated carbocycles. The molecule has 8 heteroatoms. The van der Waals surface area contributed by atoms with Gasteiger partial charge in [0, 0.05) is 14.0 Å². The molecule has 1 atom stereocenters. The van der Waals surface area contributed by atoms with E-state index in [0.29, 0.717) is 10.0 Å². The van der Waals surface area contributed by atoms with Crippen molar-refractivity contribution in [2.45, 2.75) is 12.1 Å². The molecule has 2 rings (SSSR count). The molecular weight excluding hydrogens is 488 g/mol. The smallest absolute Gasteiger partial charge is 0.399 e. The normalized spacial score (nSPS) is 13.2. The fourth-order valence-electron chi connectivity index (χ4n) is 2.18. The maximum Gasteiger partial charge on any atom is 0.399 e. The minimum absolute atomic E-state index is 0.00402. The molecule has 1 unspecified atom stereocenters. The Bertz CT molecular complexity index is 815. The van der Waals surface area contributed by atoms with Crippen LogP contribution in [0.15, 0.2) is 51.4 Å². The molecule has 0 aliphatic rings. The highest BCUT2D eigenvalue weighted by molar-refractivity contribution is 9.10. The Balaban J connectivity index is 2.39. The minimum atomic E-state index is -4.50. The van der Waals surface area contributed by atoms with Crippen LogP contribution in [0.2, 0.25) is 5.02 Å². The van der Waals surface area contributed by atoms with E-state index in [4.69, 9.17) is 16.7 Å². The number of carbonyl (C=O) groups is 1. The predicted molar refractivity (Wildman–Crippen MR) is 98.1 cm³/mol. The summed E-state index contributed by atoms with van der Waals surface area (Å²) in [6.07, 6.45) is -2.19. The summed E-state index contributed by atoms with van der Waals surface area (Å²) in [5.74, 6) is -2.97. The SMILES string of the molecule is O=C(O)c1ccc(C=CC(c2cc(Cl)cc(Br)c2)C(F)(F)F)cc1Br. The Morgan fingerprint density at radius 1 is 1.16 bits per heavy atom. The molecule has 0 radical (unpaired) electrons. The van der Waals surface area contributed by atoms with E-state index in [9.17, 15) is 18.0 Å². The lowest BCUT2D eigenvalue weighted by molar-refractivity contribution is -0.139. The molecule has 0 aliphatic heterocycles. The molecule has 0 aliphatic carbocycles. The van der Waals surface area contributed by atoms with Crippen molar-refractivity contribution >= 4 is 55.5 Å². The molecular formula is C17H10Br2ClF3O2. The van der Waals surface area contributed by atoms with E-state index in [0.717, 1.165) is 6.08 Å². The van der Waals surface area contributed by atoms with Crippen LogP contribution >= 0.6 is 43.5 Å². The van der Waals surface area contributed by atoms with Crippen molar-refractivity contribution in [3.63, 3.8) is 0 Å². The summed E-state index contributed by atoms with van der Waals surface area (Å²) in [6, 6.07) is 8.33. The molecule has 0 amide bonds. The van der Waals surface area contributed by atoms with E-state index in [1.54, 1.807) is 0 Å². The number of allylic oxidation sites excluding steroid dienone is 1. The Morgan fingerprint density at radius 3 is 2.36 bits per heavy atom. The van der Waals surface area contributed by atoms with Crippen molar-refractivity contribution < 1.29 is 23.1 Å². The van der Waals surface area contributed by atoms with Crippen molar-refractivity contribution in [2.75, 3.05) is 0 Å². The van der Waals surface area contributed by atoms with Crippen LogP contribution in [-0.2, 0) is 0 Å². The van der Waals surface area contributed by atoms with Crippen LogP contribution in [0.1, 0.15) is 27.4 Å². The zero-order chi connectivity index (χ0) is 18.8. The van der Waals surface area contributed by atoms with Crippen molar-refractivity contribution in [3.8, 4) is 0 Å². The van der Waals surface area contributed by atoms with Crippen LogP contribution in [0.3, 0.4) is 0 Å². The molecule has 1 N–H and O–H groups in total. The lowest BCUT2D eigenvalue weighted by Crippen LogP contribution is -2.18. The van der Waals surface area contributed by atoms with Crippen LogP contribution in [0.4, 0.5) is 13.2 Å². The monoisotopic (exact) mass is 496 g/mol. The largest absolute Gasteiger partial charge is 0.478 e. The Morgan fingerprint density at radius 2 is 1.84 bits per heavy atom. The summed E-state index contributed by atoms with van der Waals surface area (Å²) in [5.41, 5.74) is 0.472. The second-order valence-electron chi connectivity index (χ2n) is 5.13. The molecule has 0 heterocycles. The van der Waals surface area contributed by atoms with Gasteiger partial charge in [-0.05, 0) is 57.4 Å². The molecule has 132 valence electrons. The maximum atomic E-state index is 13.4. The van der Waals surface area contributed by atoms with E-state index in [2.05, 4.69) is 31.9 Å². The number of hydrogen-bond acceptors (Lipinski definition) is 1. The van der Waals surface area contributed by atoms with Crippen LogP contribution in [0, 0.1) is 0 Å². The lowest BCUT2D eigenvalue weighted by atomic mass is 9.97. The molecule has 0 bridgehead atoms. The zero-order valence-electron chi connectivity index (χ0n) is 12.3. The van der Waals surface area contributed by atoms with Gasteiger partial charge in [0.2, 0.25) is 0 Å². The highest BCUT2D eigenvalue weighted by atomic mass is 79.9. The highest BCUT2D eigenvalue weighted by Crippen LogP contribution is 2.38. The van der Waals surface area contributed by atoms with Gasteiger partial charge in [0.1, 0.15) is 0 Å². The highest BCUT2D eigenvalue weighted by Gasteiger charge is 2.39. The van der Waals surface area contributed by atoms with Gasteiger partial charge in [-0.1, -0.05) is 45.7 Å². The third kappa shape index (κ3) is 5.33. The summed E-state index contributed by atoms with van der Waals surface area (Å²) < 4.78 is 41.0. The Hall–Kier alpha value is -1.31. The van der Waals surface area contributed by atoms with E-state index in [1.807, 2.05) is 0 Å². The van der Waals surface area contributed by atoms with E-state index < -0.39 is 18.1 Å². The number of hydrogen-bond donors (Lipinski definition) is 1. The number of benzene rings is 2. The Labute approximate surface area is 163 Å². The van der Waals surface area contributed by atoms with Crippen molar-refractivity contribution in [2.24, 2.45) is 0 Å². The van der Waals surface area contributed by atoms with E-state index in [1.165, 1.54) is 42.5 Å². The fourth-order valence-corrected chi connectivity index (χ4v) is 3.63. The second-order valence-corrected chi connectivity index (χ2v) is 7.33. The summed E-state index contributed by atoms with van der Waals surface area (Å²) in [6.45, 7) is 0. The second kappa shape index (κ2) is 7.93. The fraction of sp³-hybridized carbons (Fsp3) is 0.118. The minimum Gasteiger partial charge on any atom is -0.478 e. The van der Waals surface area contributed by atoms with E-state index >= 15 is 0 Å². The van der Waals surface area contributed by atoms with Gasteiger partial charge in [0.15, 0.2) is 0 Å². The predicted octanol–water partition coefficient (Wildman–Crippen LogP) is 6.92. The van der Waals surface area contributed by atoms with Gasteiger partial charge >= 0.3 is 12.1 Å². The van der Waals surface area contributed by atoms with Gasteiger partial charge in [-0.2, -0.15) is 13.2 Å². The Kier molecular flexibility index (Phi) is 6.35. The number of carboxylic acid groups (broad SMARTS) is 1. The first-order valence-corrected chi connectivity index (χ1v) is 8.78. The number of carboxylic acids is 1. The average molecular weight is 499 g/mol. The molecule has 0 aromatic heterocycles. The molecule has 0 fully saturated rings. The first-order chi connectivity index (χ1) is 11.6. The molecule has 2 aromatic carbocycles. The molecule has 25 heavy (non-hydrogen) atoms. The van der Waals surface area contributed by atoms with Crippen molar-refractivity contribution in [1.29, 1.82) is 0 Å². The number of rotatable bonds is 4. The third-order valence-corrected chi connectivity index (χ3v) is 4.63. The van der Waals surface area contributed by atoms with Crippen LogP contribution in [0.25, 0.3) is 6.08 Å². The molecule has 2 aromatic rings. The molecule has 0 saturated heterocycles. The van der Waals surface area contributed by atoms with Crippen molar-refractivity contribution in [1.82, 2.24) is 0 Å². The maximum absolute atomic E-state index is 13.4. The first-order valence-electron chi connectivity index (χ1n) is 6.81. The van der Waals surface area contributed by atoms with Gasteiger partial charge in [-0.3, -0.25) is 0 Å². The zero-order valence-corrected chi connectivity index (χ0v) is 16.2. The summed E-state index contributed by atoms with van der Waals surface area (Å²) in [4.78, 5) is 11.0. The third-order valence-electron chi connectivity index (χ3n) is 3.30. The van der Waals surface area contributed by atoms with Gasteiger partial charge < -0.3 is 5.11 Å². The number of alkyl halides is 3. The van der Waals surface area contributed by atoms with E-state index in [-0.39, 0.29) is 20.6 Å². The summed E-state index contributed by atoms with van der Waals surface area (Å²) >= 11 is 12.1. The first kappa shape index (κ1) is 20.0. The van der Waals surface area contributed by atoms with Crippen LogP contribution < -0.4 is 0 Å². The standard InChI is InChI=1S/C17H10Br2ClF3O2/c18-11-6-10(7-12(20)8-11)14(17(21,22)23)4-2-9-1-3-13(16(24)25)15(19)5-9/h1-8,14H,(H,24,25). The lowest BCUT2D eigenvalue weighted by Gasteiger charge is -2.18. The van der Waals surface area contributed by atoms with Crippen LogP contribution in [0.5, 0.6) is 0 Å². The summed E-state index contributed by atoms with van der Waals surface area (Å²) in [5, 5.41) is 9.16. The van der Waals surface area contributed by atoms with Gasteiger partial charge in [0.25, 0.3) is 0 Å². The topological polar surface area (TPSA) is 37.3 Å². The van der Waals surface area contributed by atoms with Crippen LogP contribution in [-0.4, -0.2) is 17.3 Å². The quantitative estimate of drug-likeness (QED) is 0.497.